The molecule has 0 radical (unpaired) electrons. The van der Waals surface area contributed by atoms with Crippen molar-refractivity contribution in [2.45, 2.75) is 32.8 Å². The minimum absolute atomic E-state index is 0.187. The zero-order valence-corrected chi connectivity index (χ0v) is 16.5. The summed E-state index contributed by atoms with van der Waals surface area (Å²) < 4.78 is 16.4. The molecule has 146 valence electrons. The molecule has 0 aliphatic heterocycles. The summed E-state index contributed by atoms with van der Waals surface area (Å²) in [5.41, 5.74) is 1.18. The van der Waals surface area contributed by atoms with Crippen LogP contribution in [0.3, 0.4) is 0 Å². The van der Waals surface area contributed by atoms with Crippen molar-refractivity contribution in [2.24, 2.45) is 0 Å². The fourth-order valence-electron chi connectivity index (χ4n) is 2.73. The van der Waals surface area contributed by atoms with Crippen LogP contribution in [0, 0.1) is 0 Å². The third-order valence-corrected chi connectivity index (χ3v) is 4.63. The average molecular weight is 401 g/mol. The normalized spacial score (nSPS) is 12.0. The molecule has 1 atom stereocenters. The van der Waals surface area contributed by atoms with Gasteiger partial charge in [0, 0.05) is 16.7 Å². The van der Waals surface area contributed by atoms with Gasteiger partial charge < -0.3 is 13.9 Å². The van der Waals surface area contributed by atoms with E-state index in [2.05, 4.69) is 0 Å². The monoisotopic (exact) mass is 400 g/mol. The molecule has 0 aliphatic carbocycles. The molecule has 1 heterocycles. The molecule has 2 aromatic carbocycles. The number of benzene rings is 2. The number of carbonyl (C=O) groups excluding carboxylic acids is 1. The molecule has 0 saturated carbocycles. The summed E-state index contributed by atoms with van der Waals surface area (Å²) >= 11 is 6.20. The van der Waals surface area contributed by atoms with Gasteiger partial charge in [-0.1, -0.05) is 43.1 Å². The second kappa shape index (κ2) is 8.93. The van der Waals surface area contributed by atoms with Crippen molar-refractivity contribution in [2.75, 3.05) is 6.61 Å². The van der Waals surface area contributed by atoms with Crippen LogP contribution in [0.4, 0.5) is 0 Å². The quantitative estimate of drug-likeness (QED) is 0.401. The molecule has 5 nitrogen and oxygen atoms in total. The minimum Gasteiger partial charge on any atom is -0.479 e. The van der Waals surface area contributed by atoms with E-state index in [-0.39, 0.29) is 5.43 Å². The molecule has 6 heteroatoms. The van der Waals surface area contributed by atoms with Crippen molar-refractivity contribution < 1.29 is 18.7 Å². The highest BCUT2D eigenvalue weighted by Gasteiger charge is 2.17. The topological polar surface area (TPSA) is 65.7 Å². The third-order valence-electron chi connectivity index (χ3n) is 4.30. The molecule has 28 heavy (non-hydrogen) atoms. The molecule has 0 aliphatic rings. The molecule has 0 unspecified atom stereocenters. The van der Waals surface area contributed by atoms with Gasteiger partial charge in [-0.3, -0.25) is 4.79 Å². The lowest BCUT2D eigenvalue weighted by Crippen LogP contribution is -2.26. The molecule has 0 spiro atoms. The molecule has 3 aromatic rings. The van der Waals surface area contributed by atoms with Crippen molar-refractivity contribution in [1.82, 2.24) is 0 Å². The van der Waals surface area contributed by atoms with E-state index in [0.717, 1.165) is 12.8 Å². The van der Waals surface area contributed by atoms with Gasteiger partial charge in [-0.15, -0.1) is 0 Å². The number of rotatable bonds is 7. The number of esters is 1. The Labute approximate surface area is 167 Å². The summed E-state index contributed by atoms with van der Waals surface area (Å²) in [4.78, 5) is 24.8. The van der Waals surface area contributed by atoms with Gasteiger partial charge in [-0.05, 0) is 31.5 Å². The van der Waals surface area contributed by atoms with Crippen LogP contribution >= 0.6 is 11.6 Å². The lowest BCUT2D eigenvalue weighted by Gasteiger charge is -2.14. The second-order valence-corrected chi connectivity index (χ2v) is 6.80. The van der Waals surface area contributed by atoms with E-state index in [9.17, 15) is 9.59 Å². The summed E-state index contributed by atoms with van der Waals surface area (Å²) in [7, 11) is 0. The van der Waals surface area contributed by atoms with Crippen molar-refractivity contribution in [3.05, 3.63) is 64.0 Å². The Morgan fingerprint density at radius 2 is 1.96 bits per heavy atom. The van der Waals surface area contributed by atoms with E-state index in [4.69, 9.17) is 25.5 Å². The first-order chi connectivity index (χ1) is 13.5. The zero-order chi connectivity index (χ0) is 20.1. The van der Waals surface area contributed by atoms with Gasteiger partial charge in [0.05, 0.1) is 17.6 Å². The first kappa shape index (κ1) is 20.0. The largest absolute Gasteiger partial charge is 0.479 e. The van der Waals surface area contributed by atoms with E-state index in [1.54, 1.807) is 43.3 Å². The second-order valence-electron chi connectivity index (χ2n) is 6.40. The molecule has 0 N–H and O–H groups in total. The SMILES string of the molecule is CCCCOC(=O)[C@H](C)Oc1ccc2c(=O)c(-c3ccccc3Cl)coc2c1. The van der Waals surface area contributed by atoms with E-state index >= 15 is 0 Å². The van der Waals surface area contributed by atoms with Crippen molar-refractivity contribution in [3.63, 3.8) is 0 Å². The fourth-order valence-corrected chi connectivity index (χ4v) is 2.97. The maximum Gasteiger partial charge on any atom is 0.347 e. The molecule has 0 amide bonds. The van der Waals surface area contributed by atoms with Gasteiger partial charge in [0.1, 0.15) is 17.6 Å². The summed E-state index contributed by atoms with van der Waals surface area (Å²) in [6, 6.07) is 11.9. The van der Waals surface area contributed by atoms with Crippen molar-refractivity contribution >= 4 is 28.5 Å². The first-order valence-electron chi connectivity index (χ1n) is 9.15. The van der Waals surface area contributed by atoms with Gasteiger partial charge in [0.15, 0.2) is 6.10 Å². The van der Waals surface area contributed by atoms with Gasteiger partial charge in [0.25, 0.3) is 0 Å². The Kier molecular flexibility index (Phi) is 6.37. The molecule has 0 fully saturated rings. The van der Waals surface area contributed by atoms with Gasteiger partial charge in [-0.25, -0.2) is 4.79 Å². The number of hydrogen-bond acceptors (Lipinski definition) is 5. The minimum atomic E-state index is -0.761. The number of carbonyl (C=O) groups is 1. The summed E-state index contributed by atoms with van der Waals surface area (Å²) in [6.45, 7) is 4.02. The molecular formula is C22H21ClO5. The van der Waals surface area contributed by atoms with Gasteiger partial charge >= 0.3 is 5.97 Å². The Morgan fingerprint density at radius 1 is 1.18 bits per heavy atom. The summed E-state index contributed by atoms with van der Waals surface area (Å²) in [5, 5.41) is 0.882. The van der Waals surface area contributed by atoms with Crippen LogP contribution in [0.25, 0.3) is 22.1 Å². The molecule has 0 bridgehead atoms. The maximum atomic E-state index is 12.8. The Balaban J connectivity index is 1.83. The summed E-state index contributed by atoms with van der Waals surface area (Å²) in [5.74, 6) is -0.00912. The number of unbranched alkanes of at least 4 members (excludes halogenated alkanes) is 1. The Hall–Kier alpha value is -2.79. The van der Waals surface area contributed by atoms with E-state index < -0.39 is 12.1 Å². The van der Waals surface area contributed by atoms with Crippen LogP contribution in [-0.4, -0.2) is 18.7 Å². The van der Waals surface area contributed by atoms with E-state index in [0.29, 0.717) is 39.5 Å². The molecule has 1 aromatic heterocycles. The lowest BCUT2D eigenvalue weighted by molar-refractivity contribution is -0.151. The highest BCUT2D eigenvalue weighted by molar-refractivity contribution is 6.33. The predicted octanol–water partition coefficient (Wildman–Crippen LogP) is 5.22. The maximum absolute atomic E-state index is 12.8. The highest BCUT2D eigenvalue weighted by atomic mass is 35.5. The van der Waals surface area contributed by atoms with Gasteiger partial charge in [0.2, 0.25) is 5.43 Å². The van der Waals surface area contributed by atoms with Crippen LogP contribution in [-0.2, 0) is 9.53 Å². The lowest BCUT2D eigenvalue weighted by atomic mass is 10.1. The molecule has 3 rings (SSSR count). The van der Waals surface area contributed by atoms with Crippen LogP contribution < -0.4 is 10.2 Å². The molecular weight excluding hydrogens is 380 g/mol. The standard InChI is InChI=1S/C22H21ClO5/c1-3-4-11-26-22(25)14(2)28-15-9-10-17-20(12-15)27-13-18(21(17)24)16-7-5-6-8-19(16)23/h5-10,12-14H,3-4,11H2,1-2H3/t14-/m0/s1. The van der Waals surface area contributed by atoms with Crippen molar-refractivity contribution in [1.29, 1.82) is 0 Å². The number of hydrogen-bond donors (Lipinski definition) is 0. The van der Waals surface area contributed by atoms with Gasteiger partial charge in [-0.2, -0.15) is 0 Å². The Morgan fingerprint density at radius 3 is 2.71 bits per heavy atom. The van der Waals surface area contributed by atoms with E-state index in [1.807, 2.05) is 13.0 Å². The average Bonchev–Trinajstić information content (AvgIpc) is 2.69. The van der Waals surface area contributed by atoms with Crippen LogP contribution in [0.1, 0.15) is 26.7 Å². The van der Waals surface area contributed by atoms with E-state index in [1.165, 1.54) is 6.26 Å². The number of ether oxygens (including phenoxy) is 2. The smallest absolute Gasteiger partial charge is 0.347 e. The first-order valence-corrected chi connectivity index (χ1v) is 9.52. The van der Waals surface area contributed by atoms with Crippen LogP contribution in [0.5, 0.6) is 5.75 Å². The highest BCUT2D eigenvalue weighted by Crippen LogP contribution is 2.28. The summed E-state index contributed by atoms with van der Waals surface area (Å²) in [6.07, 6.45) is 2.39. The third kappa shape index (κ3) is 4.37. The van der Waals surface area contributed by atoms with Crippen molar-refractivity contribution in [3.8, 4) is 16.9 Å². The zero-order valence-electron chi connectivity index (χ0n) is 15.7. The van der Waals surface area contributed by atoms with Crippen LogP contribution in [0.2, 0.25) is 5.02 Å². The predicted molar refractivity (Wildman–Crippen MR) is 109 cm³/mol. The Bertz CT molecular complexity index is 1040. The molecule has 0 saturated heterocycles. The number of fused-ring (bicyclic) bond motifs is 1. The number of halogens is 1. The van der Waals surface area contributed by atoms with Crippen LogP contribution in [0.15, 0.2) is 57.9 Å². The fraction of sp³-hybridized carbons (Fsp3) is 0.273.